The summed E-state index contributed by atoms with van der Waals surface area (Å²) in [5, 5.41) is 8.78. The molecule has 2 atom stereocenters. The van der Waals surface area contributed by atoms with Gasteiger partial charge in [0, 0.05) is 6.92 Å². The third-order valence-corrected chi connectivity index (χ3v) is 2.27. The SMILES string of the molecule is CC(C)CCO[P+](=O)C(C)O. The van der Waals surface area contributed by atoms with Gasteiger partial charge in [0.25, 0.3) is 5.85 Å². The Hall–Kier alpha value is 0.0200. The topological polar surface area (TPSA) is 46.5 Å². The smallest absolute Gasteiger partial charge is 0.349 e. The van der Waals surface area contributed by atoms with Gasteiger partial charge >= 0.3 is 8.03 Å². The van der Waals surface area contributed by atoms with E-state index in [1.807, 2.05) is 0 Å². The molecule has 11 heavy (non-hydrogen) atoms. The minimum atomic E-state index is -1.86. The van der Waals surface area contributed by atoms with Crippen LogP contribution in [0.2, 0.25) is 0 Å². The second-order valence-corrected chi connectivity index (χ2v) is 4.51. The van der Waals surface area contributed by atoms with Crippen LogP contribution >= 0.6 is 8.03 Å². The average Bonchev–Trinajstić information content (AvgIpc) is 1.86. The summed E-state index contributed by atoms with van der Waals surface area (Å²) in [5.74, 6) is -0.301. The van der Waals surface area contributed by atoms with Crippen molar-refractivity contribution in [3.63, 3.8) is 0 Å². The molecule has 0 aliphatic rings. The minimum Gasteiger partial charge on any atom is -0.349 e. The monoisotopic (exact) mass is 179 g/mol. The quantitative estimate of drug-likeness (QED) is 0.657. The van der Waals surface area contributed by atoms with Crippen molar-refractivity contribution in [3.8, 4) is 0 Å². The van der Waals surface area contributed by atoms with Crippen LogP contribution in [0.4, 0.5) is 0 Å². The second-order valence-electron chi connectivity index (χ2n) is 2.93. The molecule has 0 aromatic heterocycles. The molecular weight excluding hydrogens is 163 g/mol. The van der Waals surface area contributed by atoms with Gasteiger partial charge in [-0.05, 0) is 16.9 Å². The molecule has 3 nitrogen and oxygen atoms in total. The molecule has 0 aromatic carbocycles. The number of hydrogen-bond donors (Lipinski definition) is 1. The summed E-state index contributed by atoms with van der Waals surface area (Å²) in [4.78, 5) is 0. The lowest BCUT2D eigenvalue weighted by atomic mass is 10.2. The maximum Gasteiger partial charge on any atom is 0.539 e. The molecule has 0 aliphatic carbocycles. The lowest BCUT2D eigenvalue weighted by Crippen LogP contribution is -1.98. The van der Waals surface area contributed by atoms with Gasteiger partial charge in [-0.2, -0.15) is 0 Å². The lowest BCUT2D eigenvalue weighted by molar-refractivity contribution is 0.226. The van der Waals surface area contributed by atoms with Gasteiger partial charge in [-0.3, -0.25) is 0 Å². The zero-order chi connectivity index (χ0) is 8.85. The van der Waals surface area contributed by atoms with Crippen LogP contribution in [0.3, 0.4) is 0 Å². The Kier molecular flexibility index (Phi) is 5.65. The molecule has 1 N–H and O–H groups in total. The molecule has 0 bridgehead atoms. The summed E-state index contributed by atoms with van der Waals surface area (Å²) < 4.78 is 15.7. The summed E-state index contributed by atoms with van der Waals surface area (Å²) in [6.07, 6.45) is 0.883. The van der Waals surface area contributed by atoms with Crippen LogP contribution in [0.15, 0.2) is 0 Å². The third kappa shape index (κ3) is 6.42. The third-order valence-electron chi connectivity index (χ3n) is 1.22. The normalized spacial score (nSPS) is 15.2. The van der Waals surface area contributed by atoms with Crippen molar-refractivity contribution in [2.24, 2.45) is 5.92 Å². The van der Waals surface area contributed by atoms with Crippen LogP contribution in [0, 0.1) is 5.92 Å². The fourth-order valence-corrected chi connectivity index (χ4v) is 0.987. The number of hydrogen-bond acceptors (Lipinski definition) is 3. The predicted octanol–water partition coefficient (Wildman–Crippen LogP) is 2.13. The molecule has 4 heteroatoms. The fourth-order valence-electron chi connectivity index (χ4n) is 0.486. The first-order valence-electron chi connectivity index (χ1n) is 3.81. The largest absolute Gasteiger partial charge is 0.539 e. The van der Waals surface area contributed by atoms with Gasteiger partial charge in [-0.15, -0.1) is 4.52 Å². The van der Waals surface area contributed by atoms with Crippen LogP contribution in [0.25, 0.3) is 0 Å². The Balaban J connectivity index is 3.32. The van der Waals surface area contributed by atoms with Gasteiger partial charge in [-0.25, -0.2) is 0 Å². The first-order valence-corrected chi connectivity index (χ1v) is 5.06. The van der Waals surface area contributed by atoms with Crippen LogP contribution < -0.4 is 0 Å². The van der Waals surface area contributed by atoms with Gasteiger partial charge in [0.1, 0.15) is 6.61 Å². The van der Waals surface area contributed by atoms with Gasteiger partial charge in [-0.1, -0.05) is 13.8 Å². The standard InChI is InChI=1S/C7H16O3P/c1-6(2)4-5-10-11(9)7(3)8/h6-8H,4-5H2,1-3H3/q+1. The molecule has 2 unspecified atom stereocenters. The molecule has 0 aromatic rings. The maximum atomic E-state index is 10.8. The summed E-state index contributed by atoms with van der Waals surface area (Å²) in [7, 11) is -1.86. The molecule has 0 saturated carbocycles. The summed E-state index contributed by atoms with van der Waals surface area (Å²) in [6, 6.07) is 0. The maximum absolute atomic E-state index is 10.8. The Labute approximate surface area is 68.6 Å². The highest BCUT2D eigenvalue weighted by atomic mass is 31.1. The Morgan fingerprint density at radius 1 is 1.45 bits per heavy atom. The lowest BCUT2D eigenvalue weighted by Gasteiger charge is -1.98. The van der Waals surface area contributed by atoms with E-state index in [0.29, 0.717) is 12.5 Å². The van der Waals surface area contributed by atoms with Crippen molar-refractivity contribution in [2.75, 3.05) is 6.61 Å². The van der Waals surface area contributed by atoms with E-state index in [4.69, 9.17) is 9.63 Å². The summed E-state index contributed by atoms with van der Waals surface area (Å²) in [6.45, 7) is 6.07. The van der Waals surface area contributed by atoms with Crippen molar-refractivity contribution in [3.05, 3.63) is 0 Å². The Morgan fingerprint density at radius 3 is 2.36 bits per heavy atom. The van der Waals surface area contributed by atoms with E-state index in [-0.39, 0.29) is 0 Å². The molecule has 0 heterocycles. The van der Waals surface area contributed by atoms with E-state index in [9.17, 15) is 4.57 Å². The fraction of sp³-hybridized carbons (Fsp3) is 1.00. The first kappa shape index (κ1) is 11.0. The Morgan fingerprint density at radius 2 is 2.00 bits per heavy atom. The molecular formula is C7H16O3P+. The molecule has 0 radical (unpaired) electrons. The van der Waals surface area contributed by atoms with Crippen molar-refractivity contribution < 1.29 is 14.2 Å². The van der Waals surface area contributed by atoms with Crippen LogP contribution in [0.1, 0.15) is 27.2 Å². The summed E-state index contributed by atoms with van der Waals surface area (Å²) in [5.41, 5.74) is 0. The number of aliphatic hydroxyl groups is 1. The zero-order valence-corrected chi connectivity index (χ0v) is 8.17. The second kappa shape index (κ2) is 5.64. The van der Waals surface area contributed by atoms with Gasteiger partial charge in [0.15, 0.2) is 0 Å². The van der Waals surface area contributed by atoms with Crippen LogP contribution in [-0.2, 0) is 9.09 Å². The van der Waals surface area contributed by atoms with E-state index in [1.165, 1.54) is 6.92 Å². The Bertz CT molecular complexity index is 123. The van der Waals surface area contributed by atoms with Crippen molar-refractivity contribution in [1.29, 1.82) is 0 Å². The molecule has 0 amide bonds. The molecule has 0 spiro atoms. The summed E-state index contributed by atoms with van der Waals surface area (Å²) >= 11 is 0. The van der Waals surface area contributed by atoms with Gasteiger partial charge in [0.2, 0.25) is 0 Å². The van der Waals surface area contributed by atoms with Gasteiger partial charge < -0.3 is 5.11 Å². The zero-order valence-electron chi connectivity index (χ0n) is 7.28. The van der Waals surface area contributed by atoms with E-state index in [0.717, 1.165) is 6.42 Å². The number of rotatable bonds is 5. The molecule has 0 fully saturated rings. The molecule has 0 aliphatic heterocycles. The highest BCUT2D eigenvalue weighted by molar-refractivity contribution is 7.39. The molecule has 0 saturated heterocycles. The minimum absolute atomic E-state index is 0.470. The highest BCUT2D eigenvalue weighted by Gasteiger charge is 2.24. The molecule has 0 rings (SSSR count). The van der Waals surface area contributed by atoms with Crippen molar-refractivity contribution in [1.82, 2.24) is 0 Å². The van der Waals surface area contributed by atoms with Crippen molar-refractivity contribution >= 4 is 8.03 Å². The van der Waals surface area contributed by atoms with Crippen LogP contribution in [-0.4, -0.2) is 17.6 Å². The van der Waals surface area contributed by atoms with Crippen molar-refractivity contribution in [2.45, 2.75) is 33.0 Å². The first-order chi connectivity index (χ1) is 5.04. The van der Waals surface area contributed by atoms with E-state index in [2.05, 4.69) is 13.8 Å². The van der Waals surface area contributed by atoms with Gasteiger partial charge in [0.05, 0.1) is 0 Å². The van der Waals surface area contributed by atoms with E-state index >= 15 is 0 Å². The predicted molar refractivity (Wildman–Crippen MR) is 44.7 cm³/mol. The van der Waals surface area contributed by atoms with Crippen LogP contribution in [0.5, 0.6) is 0 Å². The van der Waals surface area contributed by atoms with E-state index < -0.39 is 13.9 Å². The van der Waals surface area contributed by atoms with E-state index in [1.54, 1.807) is 0 Å². The highest BCUT2D eigenvalue weighted by Crippen LogP contribution is 2.27. The average molecular weight is 179 g/mol. The number of aliphatic hydroxyl groups excluding tert-OH is 1. The molecule has 66 valence electrons.